The molecule has 0 bridgehead atoms. The van der Waals surface area contributed by atoms with Crippen LogP contribution in [0, 0.1) is 11.8 Å². The summed E-state index contributed by atoms with van der Waals surface area (Å²) >= 11 is 0. The quantitative estimate of drug-likeness (QED) is 0.576. The molecular weight excluding hydrogens is 442 g/mol. The van der Waals surface area contributed by atoms with Crippen LogP contribution < -0.4 is 5.32 Å². The predicted molar refractivity (Wildman–Crippen MR) is 126 cm³/mol. The number of nitrogens with zero attached hydrogens (tertiary/aromatic N) is 2. The Labute approximate surface area is 197 Å². The number of esters is 1. The minimum Gasteiger partial charge on any atom is -0.462 e. The van der Waals surface area contributed by atoms with E-state index in [1.165, 1.54) is 28.6 Å². The van der Waals surface area contributed by atoms with E-state index in [9.17, 15) is 18.0 Å². The minimum absolute atomic E-state index is 0.0492. The summed E-state index contributed by atoms with van der Waals surface area (Å²) in [6.45, 7) is 10.2. The van der Waals surface area contributed by atoms with E-state index in [2.05, 4.69) is 24.1 Å². The van der Waals surface area contributed by atoms with Crippen LogP contribution in [0.25, 0.3) is 0 Å². The van der Waals surface area contributed by atoms with Crippen molar-refractivity contribution in [3.8, 4) is 0 Å². The molecule has 0 aromatic heterocycles. The van der Waals surface area contributed by atoms with E-state index >= 15 is 0 Å². The van der Waals surface area contributed by atoms with Crippen LogP contribution >= 0.6 is 0 Å². The molecule has 1 aromatic rings. The Morgan fingerprint density at radius 3 is 2.18 bits per heavy atom. The monoisotopic (exact) mass is 479 g/mol. The number of piperidine rings is 2. The van der Waals surface area contributed by atoms with E-state index < -0.39 is 16.0 Å². The molecule has 1 aromatic carbocycles. The van der Waals surface area contributed by atoms with Gasteiger partial charge >= 0.3 is 5.97 Å². The molecule has 9 heteroatoms. The summed E-state index contributed by atoms with van der Waals surface area (Å²) in [5.74, 6) is 0.0662. The molecule has 0 unspecified atom stereocenters. The summed E-state index contributed by atoms with van der Waals surface area (Å²) in [7, 11) is -3.67. The molecule has 184 valence electrons. The number of hydrogen-bond acceptors (Lipinski definition) is 6. The minimum atomic E-state index is -3.67. The first-order valence-corrected chi connectivity index (χ1v) is 13.4. The zero-order chi connectivity index (χ0) is 24.0. The second-order valence-electron chi connectivity index (χ2n) is 9.40. The molecule has 1 N–H and O–H groups in total. The number of sulfonamides is 1. The summed E-state index contributed by atoms with van der Waals surface area (Å²) in [4.78, 5) is 27.2. The summed E-state index contributed by atoms with van der Waals surface area (Å²) in [5.41, 5.74) is 0.321. The number of carbonyl (C=O) groups is 2. The normalized spacial score (nSPS) is 19.5. The molecule has 2 aliphatic heterocycles. The Hall–Kier alpha value is -1.97. The summed E-state index contributed by atoms with van der Waals surface area (Å²) in [5, 5.41) is 3.20. The maximum Gasteiger partial charge on any atom is 0.338 e. The van der Waals surface area contributed by atoms with Crippen LogP contribution in [-0.4, -0.2) is 74.9 Å². The van der Waals surface area contributed by atoms with E-state index in [0.717, 1.165) is 32.5 Å². The van der Waals surface area contributed by atoms with Crippen molar-refractivity contribution in [2.24, 2.45) is 11.8 Å². The van der Waals surface area contributed by atoms with E-state index in [4.69, 9.17) is 4.74 Å². The van der Waals surface area contributed by atoms with Crippen molar-refractivity contribution < 1.29 is 22.7 Å². The summed E-state index contributed by atoms with van der Waals surface area (Å²) in [6.07, 6.45) is 2.96. The fourth-order valence-corrected chi connectivity index (χ4v) is 6.05. The number of nitrogens with one attached hydrogen (secondary N) is 1. The SMILES string of the molecule is CCOC(=O)c1ccc(S(=O)(=O)N2CCC(C(=O)NC3CCN(CC(C)C)CC3)CC2)cc1. The van der Waals surface area contributed by atoms with Crippen LogP contribution in [0.4, 0.5) is 0 Å². The first-order valence-electron chi connectivity index (χ1n) is 12.0. The second-order valence-corrected chi connectivity index (χ2v) is 11.3. The average Bonchev–Trinajstić information content (AvgIpc) is 2.80. The highest BCUT2D eigenvalue weighted by Crippen LogP contribution is 2.25. The number of likely N-dealkylation sites (tertiary alicyclic amines) is 1. The van der Waals surface area contributed by atoms with Gasteiger partial charge in [0.05, 0.1) is 17.1 Å². The number of amides is 1. The maximum absolute atomic E-state index is 13.0. The van der Waals surface area contributed by atoms with Crippen LogP contribution in [0.3, 0.4) is 0 Å². The highest BCUT2D eigenvalue weighted by atomic mass is 32.2. The topological polar surface area (TPSA) is 96.0 Å². The molecule has 2 fully saturated rings. The highest BCUT2D eigenvalue weighted by Gasteiger charge is 2.33. The van der Waals surface area contributed by atoms with E-state index in [-0.39, 0.29) is 29.4 Å². The molecule has 3 rings (SSSR count). The first-order chi connectivity index (χ1) is 15.7. The van der Waals surface area contributed by atoms with Gasteiger partial charge in [-0.1, -0.05) is 13.8 Å². The van der Waals surface area contributed by atoms with E-state index in [0.29, 0.717) is 37.4 Å². The first kappa shape index (κ1) is 25.6. The Morgan fingerprint density at radius 2 is 1.64 bits per heavy atom. The van der Waals surface area contributed by atoms with Crippen molar-refractivity contribution in [2.45, 2.75) is 57.4 Å². The van der Waals surface area contributed by atoms with Crippen LogP contribution in [0.5, 0.6) is 0 Å². The molecule has 0 aliphatic carbocycles. The Kier molecular flexibility index (Phi) is 8.89. The molecule has 0 spiro atoms. The molecule has 0 saturated carbocycles. The van der Waals surface area contributed by atoms with Gasteiger partial charge in [-0.2, -0.15) is 4.31 Å². The van der Waals surface area contributed by atoms with Crippen LogP contribution in [0.2, 0.25) is 0 Å². The van der Waals surface area contributed by atoms with Gasteiger partial charge in [-0.05, 0) is 62.8 Å². The van der Waals surface area contributed by atoms with Crippen molar-refractivity contribution in [1.29, 1.82) is 0 Å². The van der Waals surface area contributed by atoms with Crippen molar-refractivity contribution in [3.05, 3.63) is 29.8 Å². The standard InChI is InChI=1S/C24H37N3O5S/c1-4-32-24(29)20-5-7-22(8-6-20)33(30,31)27-15-9-19(10-16-27)23(28)25-21-11-13-26(14-12-21)17-18(2)3/h5-8,18-19,21H,4,9-17H2,1-3H3,(H,25,28). The lowest BCUT2D eigenvalue weighted by atomic mass is 9.95. The Bertz CT molecular complexity index is 901. The van der Waals surface area contributed by atoms with Gasteiger partial charge in [0.15, 0.2) is 0 Å². The van der Waals surface area contributed by atoms with Crippen molar-refractivity contribution >= 4 is 21.9 Å². The third-order valence-corrected chi connectivity index (χ3v) is 8.30. The number of rotatable bonds is 8. The molecule has 0 atom stereocenters. The highest BCUT2D eigenvalue weighted by molar-refractivity contribution is 7.89. The lowest BCUT2D eigenvalue weighted by Gasteiger charge is -2.35. The van der Waals surface area contributed by atoms with Crippen molar-refractivity contribution in [1.82, 2.24) is 14.5 Å². The molecule has 8 nitrogen and oxygen atoms in total. The lowest BCUT2D eigenvalue weighted by Crippen LogP contribution is -2.49. The van der Waals surface area contributed by atoms with Crippen LogP contribution in [0.15, 0.2) is 29.2 Å². The third kappa shape index (κ3) is 6.77. The summed E-state index contributed by atoms with van der Waals surface area (Å²) < 4.78 is 32.4. The Balaban J connectivity index is 1.48. The van der Waals surface area contributed by atoms with Gasteiger partial charge in [0.25, 0.3) is 0 Å². The van der Waals surface area contributed by atoms with Gasteiger partial charge < -0.3 is 15.0 Å². The molecule has 1 amide bonds. The van der Waals surface area contributed by atoms with Gasteiger partial charge in [-0.25, -0.2) is 13.2 Å². The largest absolute Gasteiger partial charge is 0.462 e. The molecule has 0 radical (unpaired) electrons. The Morgan fingerprint density at radius 1 is 1.03 bits per heavy atom. The lowest BCUT2D eigenvalue weighted by molar-refractivity contribution is -0.127. The zero-order valence-electron chi connectivity index (χ0n) is 20.0. The maximum atomic E-state index is 13.0. The average molecular weight is 480 g/mol. The van der Waals surface area contributed by atoms with Gasteiger partial charge in [-0.3, -0.25) is 4.79 Å². The molecule has 2 saturated heterocycles. The van der Waals surface area contributed by atoms with Gasteiger partial charge in [0, 0.05) is 44.7 Å². The number of ether oxygens (including phenoxy) is 1. The number of hydrogen-bond donors (Lipinski definition) is 1. The fraction of sp³-hybridized carbons (Fsp3) is 0.667. The molecule has 2 aliphatic rings. The van der Waals surface area contributed by atoms with Crippen molar-refractivity contribution in [2.75, 3.05) is 39.3 Å². The number of carbonyl (C=O) groups excluding carboxylic acids is 2. The smallest absolute Gasteiger partial charge is 0.338 e. The van der Waals surface area contributed by atoms with Crippen LogP contribution in [0.1, 0.15) is 56.8 Å². The molecule has 2 heterocycles. The summed E-state index contributed by atoms with van der Waals surface area (Å²) in [6, 6.07) is 6.02. The molecule has 33 heavy (non-hydrogen) atoms. The van der Waals surface area contributed by atoms with E-state index in [1.54, 1.807) is 6.92 Å². The predicted octanol–water partition coefficient (Wildman–Crippen LogP) is 2.50. The third-order valence-electron chi connectivity index (χ3n) is 6.39. The van der Waals surface area contributed by atoms with E-state index in [1.807, 2.05) is 0 Å². The van der Waals surface area contributed by atoms with Gasteiger partial charge in [0.2, 0.25) is 15.9 Å². The molecular formula is C24H37N3O5S. The fourth-order valence-electron chi connectivity index (χ4n) is 4.58. The second kappa shape index (κ2) is 11.4. The van der Waals surface area contributed by atoms with Gasteiger partial charge in [-0.15, -0.1) is 0 Å². The van der Waals surface area contributed by atoms with Crippen LogP contribution in [-0.2, 0) is 19.6 Å². The number of benzene rings is 1. The zero-order valence-corrected chi connectivity index (χ0v) is 20.8. The van der Waals surface area contributed by atoms with Gasteiger partial charge in [0.1, 0.15) is 0 Å². The van der Waals surface area contributed by atoms with Crippen molar-refractivity contribution in [3.63, 3.8) is 0 Å².